The monoisotopic (exact) mass is 281 g/mol. The standard InChI is InChI=1S/C14H16ClNOS/c15-11-5-3-10(4-6-11)12-7-8-16(12)14(17)13-2-1-9-18-13/h3-6,12-13H,1-2,7-9H2. The van der Waals surface area contributed by atoms with Crippen molar-refractivity contribution in [1.82, 2.24) is 4.90 Å². The fourth-order valence-electron chi connectivity index (χ4n) is 2.64. The van der Waals surface area contributed by atoms with Crippen LogP contribution in [0.15, 0.2) is 24.3 Å². The van der Waals surface area contributed by atoms with E-state index in [1.54, 1.807) is 0 Å². The number of thioether (sulfide) groups is 1. The highest BCUT2D eigenvalue weighted by atomic mass is 35.5. The molecule has 1 aromatic carbocycles. The summed E-state index contributed by atoms with van der Waals surface area (Å²) in [5.41, 5.74) is 1.21. The molecule has 2 aliphatic heterocycles. The molecule has 18 heavy (non-hydrogen) atoms. The van der Waals surface area contributed by atoms with Gasteiger partial charge in [0, 0.05) is 11.6 Å². The number of hydrogen-bond donors (Lipinski definition) is 0. The zero-order valence-electron chi connectivity index (χ0n) is 10.1. The molecule has 2 unspecified atom stereocenters. The summed E-state index contributed by atoms with van der Waals surface area (Å²) in [6, 6.07) is 8.16. The first-order valence-electron chi connectivity index (χ1n) is 6.43. The van der Waals surface area contributed by atoms with Crippen LogP contribution in [0.3, 0.4) is 0 Å². The number of carbonyl (C=O) groups excluding carboxylic acids is 1. The van der Waals surface area contributed by atoms with Crippen LogP contribution in [-0.2, 0) is 4.79 Å². The molecule has 0 aromatic heterocycles. The number of rotatable bonds is 2. The van der Waals surface area contributed by atoms with Crippen LogP contribution in [0, 0.1) is 0 Å². The zero-order valence-corrected chi connectivity index (χ0v) is 11.7. The second-order valence-electron chi connectivity index (χ2n) is 4.89. The molecule has 0 spiro atoms. The lowest BCUT2D eigenvalue weighted by Crippen LogP contribution is -2.48. The van der Waals surface area contributed by atoms with Gasteiger partial charge in [-0.2, -0.15) is 0 Å². The lowest BCUT2D eigenvalue weighted by Gasteiger charge is -2.42. The largest absolute Gasteiger partial charge is 0.335 e. The Hall–Kier alpha value is -0.670. The Kier molecular flexibility index (Phi) is 3.53. The summed E-state index contributed by atoms with van der Waals surface area (Å²) in [5.74, 6) is 1.47. The maximum Gasteiger partial charge on any atom is 0.236 e. The molecule has 1 amide bonds. The number of likely N-dealkylation sites (tertiary alicyclic amines) is 1. The van der Waals surface area contributed by atoms with Crippen molar-refractivity contribution in [1.29, 1.82) is 0 Å². The van der Waals surface area contributed by atoms with Gasteiger partial charge in [0.05, 0.1) is 11.3 Å². The third-order valence-electron chi connectivity index (χ3n) is 3.76. The Labute approximate surface area is 117 Å². The summed E-state index contributed by atoms with van der Waals surface area (Å²) in [6.07, 6.45) is 3.30. The molecule has 2 atom stereocenters. The predicted molar refractivity (Wildman–Crippen MR) is 76.0 cm³/mol. The van der Waals surface area contributed by atoms with Crippen molar-refractivity contribution in [3.63, 3.8) is 0 Å². The van der Waals surface area contributed by atoms with Gasteiger partial charge in [-0.05, 0) is 42.7 Å². The number of halogens is 1. The van der Waals surface area contributed by atoms with Crippen molar-refractivity contribution in [3.8, 4) is 0 Å². The van der Waals surface area contributed by atoms with Crippen molar-refractivity contribution >= 4 is 29.3 Å². The molecule has 2 fully saturated rings. The van der Waals surface area contributed by atoms with Crippen molar-refractivity contribution < 1.29 is 4.79 Å². The maximum atomic E-state index is 12.4. The van der Waals surface area contributed by atoms with Crippen LogP contribution in [0.5, 0.6) is 0 Å². The molecule has 2 nitrogen and oxygen atoms in total. The minimum Gasteiger partial charge on any atom is -0.335 e. The molecule has 4 heteroatoms. The van der Waals surface area contributed by atoms with E-state index in [9.17, 15) is 4.79 Å². The third kappa shape index (κ3) is 2.26. The van der Waals surface area contributed by atoms with Gasteiger partial charge in [-0.1, -0.05) is 23.7 Å². The average molecular weight is 282 g/mol. The molecular formula is C14H16ClNOS. The molecular weight excluding hydrogens is 266 g/mol. The summed E-state index contributed by atoms with van der Waals surface area (Å²) >= 11 is 7.71. The van der Waals surface area contributed by atoms with Gasteiger partial charge in [0.2, 0.25) is 5.91 Å². The van der Waals surface area contributed by atoms with Crippen LogP contribution in [-0.4, -0.2) is 28.4 Å². The first-order chi connectivity index (χ1) is 8.75. The van der Waals surface area contributed by atoms with E-state index in [4.69, 9.17) is 11.6 Å². The van der Waals surface area contributed by atoms with Gasteiger partial charge in [-0.15, -0.1) is 11.8 Å². The Bertz CT molecular complexity index is 442. The summed E-state index contributed by atoms with van der Waals surface area (Å²) in [4.78, 5) is 14.4. The quantitative estimate of drug-likeness (QED) is 0.827. The molecule has 0 aliphatic carbocycles. The van der Waals surface area contributed by atoms with Crippen molar-refractivity contribution in [3.05, 3.63) is 34.9 Å². The number of hydrogen-bond acceptors (Lipinski definition) is 2. The highest BCUT2D eigenvalue weighted by Crippen LogP contribution is 2.37. The Morgan fingerprint density at radius 3 is 2.61 bits per heavy atom. The second kappa shape index (κ2) is 5.14. The lowest BCUT2D eigenvalue weighted by atomic mass is 9.94. The minimum atomic E-state index is 0.208. The molecule has 2 aliphatic rings. The van der Waals surface area contributed by atoms with Crippen LogP contribution in [0.25, 0.3) is 0 Å². The van der Waals surface area contributed by atoms with E-state index in [-0.39, 0.29) is 11.3 Å². The average Bonchev–Trinajstić information content (AvgIpc) is 2.84. The van der Waals surface area contributed by atoms with Crippen molar-refractivity contribution in [2.24, 2.45) is 0 Å². The molecule has 0 saturated carbocycles. The molecule has 2 saturated heterocycles. The van der Waals surface area contributed by atoms with E-state index >= 15 is 0 Å². The van der Waals surface area contributed by atoms with E-state index in [1.165, 1.54) is 12.0 Å². The Morgan fingerprint density at radius 1 is 1.28 bits per heavy atom. The van der Waals surface area contributed by atoms with E-state index < -0.39 is 0 Å². The van der Waals surface area contributed by atoms with Crippen LogP contribution in [0.1, 0.15) is 30.9 Å². The first kappa shape index (κ1) is 12.4. The summed E-state index contributed by atoms with van der Waals surface area (Å²) in [5, 5.41) is 0.961. The first-order valence-corrected chi connectivity index (χ1v) is 7.86. The van der Waals surface area contributed by atoms with E-state index in [1.807, 2.05) is 40.9 Å². The molecule has 3 rings (SSSR count). The van der Waals surface area contributed by atoms with E-state index in [0.717, 1.165) is 30.2 Å². The van der Waals surface area contributed by atoms with Gasteiger partial charge in [-0.3, -0.25) is 4.79 Å². The van der Waals surface area contributed by atoms with Crippen molar-refractivity contribution in [2.45, 2.75) is 30.6 Å². The van der Waals surface area contributed by atoms with Gasteiger partial charge >= 0.3 is 0 Å². The topological polar surface area (TPSA) is 20.3 Å². The second-order valence-corrected chi connectivity index (χ2v) is 6.64. The Balaban J connectivity index is 1.71. The Morgan fingerprint density at radius 2 is 2.06 bits per heavy atom. The molecule has 2 heterocycles. The molecule has 0 radical (unpaired) electrons. The highest BCUT2D eigenvalue weighted by Gasteiger charge is 2.37. The summed E-state index contributed by atoms with van der Waals surface area (Å²) in [7, 11) is 0. The maximum absolute atomic E-state index is 12.4. The van der Waals surface area contributed by atoms with Gasteiger partial charge in [0.25, 0.3) is 0 Å². The fraction of sp³-hybridized carbons (Fsp3) is 0.500. The number of amides is 1. The van der Waals surface area contributed by atoms with E-state index in [2.05, 4.69) is 0 Å². The zero-order chi connectivity index (χ0) is 12.5. The number of benzene rings is 1. The summed E-state index contributed by atoms with van der Waals surface area (Å²) in [6.45, 7) is 0.906. The van der Waals surface area contributed by atoms with Crippen LogP contribution < -0.4 is 0 Å². The van der Waals surface area contributed by atoms with Gasteiger partial charge in [0.1, 0.15) is 0 Å². The van der Waals surface area contributed by atoms with Gasteiger partial charge < -0.3 is 4.90 Å². The van der Waals surface area contributed by atoms with Crippen LogP contribution in [0.2, 0.25) is 5.02 Å². The number of nitrogens with zero attached hydrogens (tertiary/aromatic N) is 1. The highest BCUT2D eigenvalue weighted by molar-refractivity contribution is 8.00. The SMILES string of the molecule is O=C(C1CCCS1)N1CCC1c1ccc(Cl)cc1. The fourth-order valence-corrected chi connectivity index (χ4v) is 4.00. The predicted octanol–water partition coefficient (Wildman–Crippen LogP) is 3.51. The number of carbonyl (C=O) groups is 1. The van der Waals surface area contributed by atoms with Crippen LogP contribution >= 0.6 is 23.4 Å². The third-order valence-corrected chi connectivity index (χ3v) is 5.38. The smallest absolute Gasteiger partial charge is 0.236 e. The van der Waals surface area contributed by atoms with Gasteiger partial charge in [0.15, 0.2) is 0 Å². The van der Waals surface area contributed by atoms with Crippen molar-refractivity contribution in [2.75, 3.05) is 12.3 Å². The molecule has 96 valence electrons. The van der Waals surface area contributed by atoms with Crippen LogP contribution in [0.4, 0.5) is 0 Å². The van der Waals surface area contributed by atoms with E-state index in [0.29, 0.717) is 5.91 Å². The molecule has 1 aromatic rings. The normalized spacial score (nSPS) is 27.1. The minimum absolute atomic E-state index is 0.208. The van der Waals surface area contributed by atoms with Gasteiger partial charge in [-0.25, -0.2) is 0 Å². The lowest BCUT2D eigenvalue weighted by molar-refractivity contribution is -0.138. The molecule has 0 bridgehead atoms. The molecule has 0 N–H and O–H groups in total. The summed E-state index contributed by atoms with van der Waals surface area (Å²) < 4.78 is 0.